The minimum Gasteiger partial charge on any atom is -0.459 e. The fourth-order valence-electron chi connectivity index (χ4n) is 4.18. The van der Waals surface area contributed by atoms with Crippen molar-refractivity contribution in [2.75, 3.05) is 37.6 Å². The van der Waals surface area contributed by atoms with Crippen molar-refractivity contribution in [1.29, 1.82) is 0 Å². The largest absolute Gasteiger partial charge is 0.459 e. The number of anilines is 1. The van der Waals surface area contributed by atoms with Crippen LogP contribution < -0.4 is 4.90 Å². The monoisotopic (exact) mass is 397 g/mol. The molecule has 0 spiro atoms. The molecular weight excluding hydrogens is 370 g/mol. The summed E-state index contributed by atoms with van der Waals surface area (Å²) in [7, 11) is 0. The summed E-state index contributed by atoms with van der Waals surface area (Å²) in [6.45, 7) is 5.08. The third-order valence-electron chi connectivity index (χ3n) is 5.85. The van der Waals surface area contributed by atoms with E-state index in [1.807, 2.05) is 6.07 Å². The molecule has 29 heavy (non-hydrogen) atoms. The summed E-state index contributed by atoms with van der Waals surface area (Å²) in [5.74, 6) is 0.921. The number of piperazine rings is 1. The van der Waals surface area contributed by atoms with E-state index in [0.717, 1.165) is 31.6 Å². The molecule has 2 aliphatic heterocycles. The van der Waals surface area contributed by atoms with Crippen molar-refractivity contribution in [3.63, 3.8) is 0 Å². The minimum atomic E-state index is -0.137. The third kappa shape index (κ3) is 4.11. The molecule has 0 N–H and O–H groups in total. The summed E-state index contributed by atoms with van der Waals surface area (Å²) in [5.41, 5.74) is 0.418. The Labute approximate surface area is 170 Å². The SMILES string of the molecule is CCC1CCCCN1c1cc(C(=O)N2CCN(C(=O)c3ccco3)CC2)ncn1. The van der Waals surface area contributed by atoms with Crippen LogP contribution in [0.1, 0.15) is 53.7 Å². The second-order valence-electron chi connectivity index (χ2n) is 7.57. The fourth-order valence-corrected chi connectivity index (χ4v) is 4.18. The number of rotatable bonds is 4. The first kappa shape index (κ1) is 19.4. The van der Waals surface area contributed by atoms with E-state index in [0.29, 0.717) is 43.7 Å². The first-order valence-corrected chi connectivity index (χ1v) is 10.4. The number of piperidine rings is 1. The van der Waals surface area contributed by atoms with Crippen LogP contribution in [0.3, 0.4) is 0 Å². The van der Waals surface area contributed by atoms with E-state index >= 15 is 0 Å². The average Bonchev–Trinajstić information content (AvgIpc) is 3.33. The van der Waals surface area contributed by atoms with Crippen molar-refractivity contribution in [2.45, 2.75) is 38.6 Å². The van der Waals surface area contributed by atoms with Crippen LogP contribution >= 0.6 is 0 Å². The predicted molar refractivity (Wildman–Crippen MR) is 108 cm³/mol. The van der Waals surface area contributed by atoms with Gasteiger partial charge in [0.15, 0.2) is 5.76 Å². The standard InChI is InChI=1S/C21H27N5O3/c1-2-16-6-3-4-8-26(16)19-14-17(22-15-23-19)20(27)24-9-11-25(12-10-24)21(28)18-7-5-13-29-18/h5,7,13-16H,2-4,6,8-12H2,1H3. The van der Waals surface area contributed by atoms with E-state index in [-0.39, 0.29) is 11.8 Å². The van der Waals surface area contributed by atoms with Gasteiger partial charge in [0.25, 0.3) is 11.8 Å². The number of furan rings is 1. The molecule has 4 rings (SSSR count). The fraction of sp³-hybridized carbons (Fsp3) is 0.524. The van der Waals surface area contributed by atoms with Crippen LogP contribution in [0.2, 0.25) is 0 Å². The number of hydrogen-bond donors (Lipinski definition) is 0. The van der Waals surface area contributed by atoms with Gasteiger partial charge in [0, 0.05) is 44.8 Å². The van der Waals surface area contributed by atoms with Gasteiger partial charge in [-0.15, -0.1) is 0 Å². The zero-order chi connectivity index (χ0) is 20.2. The lowest BCUT2D eigenvalue weighted by Crippen LogP contribution is -2.50. The van der Waals surface area contributed by atoms with Crippen LogP contribution in [0.5, 0.6) is 0 Å². The number of carbonyl (C=O) groups excluding carboxylic acids is 2. The molecular formula is C21H27N5O3. The van der Waals surface area contributed by atoms with Crippen LogP contribution in [-0.4, -0.2) is 70.3 Å². The lowest BCUT2D eigenvalue weighted by Gasteiger charge is -2.36. The van der Waals surface area contributed by atoms with E-state index in [2.05, 4.69) is 21.8 Å². The molecule has 2 amide bonds. The van der Waals surface area contributed by atoms with Crippen LogP contribution in [0, 0.1) is 0 Å². The first-order valence-electron chi connectivity index (χ1n) is 10.4. The Kier molecular flexibility index (Phi) is 5.78. The number of nitrogens with zero attached hydrogens (tertiary/aromatic N) is 5. The second kappa shape index (κ2) is 8.63. The molecule has 154 valence electrons. The Bertz CT molecular complexity index is 846. The average molecular weight is 397 g/mol. The van der Waals surface area contributed by atoms with E-state index in [4.69, 9.17) is 4.42 Å². The predicted octanol–water partition coefficient (Wildman–Crippen LogP) is 2.44. The third-order valence-corrected chi connectivity index (χ3v) is 5.85. The van der Waals surface area contributed by atoms with Gasteiger partial charge in [0.05, 0.1) is 6.26 Å². The van der Waals surface area contributed by atoms with Crippen molar-refractivity contribution in [3.8, 4) is 0 Å². The molecule has 2 saturated heterocycles. The second-order valence-corrected chi connectivity index (χ2v) is 7.57. The molecule has 8 nitrogen and oxygen atoms in total. The lowest BCUT2D eigenvalue weighted by molar-refractivity contribution is 0.0515. The number of hydrogen-bond acceptors (Lipinski definition) is 6. The van der Waals surface area contributed by atoms with Crippen LogP contribution in [-0.2, 0) is 0 Å². The summed E-state index contributed by atoms with van der Waals surface area (Å²) < 4.78 is 5.19. The summed E-state index contributed by atoms with van der Waals surface area (Å²) in [4.78, 5) is 39.8. The molecule has 8 heteroatoms. The van der Waals surface area contributed by atoms with Crippen LogP contribution in [0.4, 0.5) is 5.82 Å². The zero-order valence-corrected chi connectivity index (χ0v) is 16.8. The molecule has 0 aromatic carbocycles. The van der Waals surface area contributed by atoms with Crippen LogP contribution in [0.15, 0.2) is 35.2 Å². The van der Waals surface area contributed by atoms with Crippen molar-refractivity contribution in [1.82, 2.24) is 19.8 Å². The van der Waals surface area contributed by atoms with Crippen molar-refractivity contribution < 1.29 is 14.0 Å². The Balaban J connectivity index is 1.41. The lowest BCUT2D eigenvalue weighted by atomic mass is 10.00. The van der Waals surface area contributed by atoms with Gasteiger partial charge in [-0.05, 0) is 37.8 Å². The maximum Gasteiger partial charge on any atom is 0.289 e. The van der Waals surface area contributed by atoms with Gasteiger partial charge in [-0.25, -0.2) is 9.97 Å². The highest BCUT2D eigenvalue weighted by atomic mass is 16.3. The highest BCUT2D eigenvalue weighted by molar-refractivity contribution is 5.94. The quantitative estimate of drug-likeness (QED) is 0.788. The minimum absolute atomic E-state index is 0.108. The van der Waals surface area contributed by atoms with E-state index in [1.165, 1.54) is 19.0 Å². The smallest absolute Gasteiger partial charge is 0.289 e. The van der Waals surface area contributed by atoms with Crippen molar-refractivity contribution in [3.05, 3.63) is 42.2 Å². The highest BCUT2D eigenvalue weighted by Gasteiger charge is 2.28. The number of amides is 2. The Morgan fingerprint density at radius 3 is 2.52 bits per heavy atom. The molecule has 0 radical (unpaired) electrons. The maximum atomic E-state index is 13.0. The number of carbonyl (C=O) groups is 2. The van der Waals surface area contributed by atoms with Gasteiger partial charge >= 0.3 is 0 Å². The van der Waals surface area contributed by atoms with E-state index in [9.17, 15) is 9.59 Å². The topological polar surface area (TPSA) is 82.8 Å². The molecule has 2 aromatic heterocycles. The normalized spacial score (nSPS) is 20.0. The Hall–Kier alpha value is -2.90. The molecule has 0 bridgehead atoms. The summed E-state index contributed by atoms with van der Waals surface area (Å²) >= 11 is 0. The molecule has 0 aliphatic carbocycles. The molecule has 2 fully saturated rings. The van der Waals surface area contributed by atoms with Crippen molar-refractivity contribution in [2.24, 2.45) is 0 Å². The molecule has 1 atom stereocenters. The summed E-state index contributed by atoms with van der Waals surface area (Å²) in [6, 6.07) is 5.65. The molecule has 0 saturated carbocycles. The summed E-state index contributed by atoms with van der Waals surface area (Å²) in [6.07, 6.45) is 7.60. The van der Waals surface area contributed by atoms with E-state index in [1.54, 1.807) is 21.9 Å². The summed E-state index contributed by atoms with van der Waals surface area (Å²) in [5, 5.41) is 0. The highest BCUT2D eigenvalue weighted by Crippen LogP contribution is 2.25. The van der Waals surface area contributed by atoms with Gasteiger partial charge in [0.2, 0.25) is 0 Å². The molecule has 4 heterocycles. The molecule has 2 aromatic rings. The van der Waals surface area contributed by atoms with E-state index < -0.39 is 0 Å². The number of aromatic nitrogens is 2. The Morgan fingerprint density at radius 1 is 1.07 bits per heavy atom. The van der Waals surface area contributed by atoms with Gasteiger partial charge in [-0.3, -0.25) is 9.59 Å². The van der Waals surface area contributed by atoms with Gasteiger partial charge in [0.1, 0.15) is 17.8 Å². The van der Waals surface area contributed by atoms with Crippen LogP contribution in [0.25, 0.3) is 0 Å². The first-order chi connectivity index (χ1) is 14.2. The maximum absolute atomic E-state index is 13.0. The van der Waals surface area contributed by atoms with Gasteiger partial charge < -0.3 is 19.1 Å². The zero-order valence-electron chi connectivity index (χ0n) is 16.8. The van der Waals surface area contributed by atoms with Crippen molar-refractivity contribution >= 4 is 17.6 Å². The van der Waals surface area contributed by atoms with Gasteiger partial charge in [-0.1, -0.05) is 6.92 Å². The molecule has 1 unspecified atom stereocenters. The Morgan fingerprint density at radius 2 is 1.83 bits per heavy atom. The molecule has 2 aliphatic rings. The van der Waals surface area contributed by atoms with Gasteiger partial charge in [-0.2, -0.15) is 0 Å².